The Morgan fingerprint density at radius 3 is 2.35 bits per heavy atom. The van der Waals surface area contributed by atoms with Crippen molar-refractivity contribution in [3.63, 3.8) is 0 Å². The molecular weight excluding hydrogens is 497 g/mol. The normalized spacial score (nSPS) is 10.9. The Balaban J connectivity index is 1.70. The fourth-order valence-electron chi connectivity index (χ4n) is 2.92. The zero-order chi connectivity index (χ0) is 24.7. The summed E-state index contributed by atoms with van der Waals surface area (Å²) in [4.78, 5) is 24.7. The van der Waals surface area contributed by atoms with Crippen molar-refractivity contribution in [1.29, 1.82) is 5.26 Å². The Morgan fingerprint density at radius 1 is 1.00 bits per heavy atom. The van der Waals surface area contributed by atoms with Crippen LogP contribution in [-0.4, -0.2) is 18.4 Å². The van der Waals surface area contributed by atoms with Gasteiger partial charge in [0.2, 0.25) is 0 Å². The zero-order valence-electron chi connectivity index (χ0n) is 17.9. The first-order valence-electron chi connectivity index (χ1n) is 9.93. The molecule has 0 fully saturated rings. The lowest BCUT2D eigenvalue weighted by molar-refractivity contribution is -0.118. The molecule has 34 heavy (non-hydrogen) atoms. The number of para-hydroxylation sites is 1. The third-order valence-corrected chi connectivity index (χ3v) is 5.34. The lowest BCUT2D eigenvalue weighted by atomic mass is 10.1. The highest BCUT2D eigenvalue weighted by Gasteiger charge is 2.14. The van der Waals surface area contributed by atoms with Crippen LogP contribution in [0.5, 0.6) is 5.75 Å². The highest BCUT2D eigenvalue weighted by Crippen LogP contribution is 2.35. The van der Waals surface area contributed by atoms with Gasteiger partial charge in [0.15, 0.2) is 12.4 Å². The molecule has 6 nitrogen and oxygen atoms in total. The van der Waals surface area contributed by atoms with E-state index in [4.69, 9.17) is 39.5 Å². The maximum Gasteiger partial charge on any atom is 0.266 e. The maximum absolute atomic E-state index is 12.5. The second-order valence-corrected chi connectivity index (χ2v) is 8.35. The van der Waals surface area contributed by atoms with E-state index in [2.05, 4.69) is 10.6 Å². The van der Waals surface area contributed by atoms with Gasteiger partial charge >= 0.3 is 0 Å². The second kappa shape index (κ2) is 11.6. The highest BCUT2D eigenvalue weighted by molar-refractivity contribution is 6.37. The van der Waals surface area contributed by atoms with Crippen molar-refractivity contribution in [2.75, 3.05) is 17.2 Å². The molecule has 2 N–H and O–H groups in total. The lowest BCUT2D eigenvalue weighted by Crippen LogP contribution is -2.20. The average Bonchev–Trinajstić information content (AvgIpc) is 2.78. The number of rotatable bonds is 7. The number of carbonyl (C=O) groups is 2. The fourth-order valence-corrected chi connectivity index (χ4v) is 3.72. The van der Waals surface area contributed by atoms with Gasteiger partial charge in [-0.25, -0.2) is 0 Å². The third kappa shape index (κ3) is 6.75. The first-order valence-corrected chi connectivity index (χ1v) is 11.1. The van der Waals surface area contributed by atoms with Gasteiger partial charge in [-0.15, -0.1) is 0 Å². The van der Waals surface area contributed by atoms with E-state index in [1.807, 2.05) is 31.2 Å². The van der Waals surface area contributed by atoms with Crippen molar-refractivity contribution >= 4 is 64.1 Å². The largest absolute Gasteiger partial charge is 0.481 e. The molecule has 0 spiro atoms. The molecule has 0 saturated heterocycles. The number of nitriles is 1. The molecule has 3 rings (SSSR count). The number of aryl methyl sites for hydroxylation is 1. The molecule has 0 atom stereocenters. The van der Waals surface area contributed by atoms with E-state index in [0.29, 0.717) is 22.0 Å². The number of amides is 2. The van der Waals surface area contributed by atoms with Crippen LogP contribution in [0.1, 0.15) is 11.1 Å². The van der Waals surface area contributed by atoms with E-state index in [1.165, 1.54) is 18.2 Å². The van der Waals surface area contributed by atoms with Gasteiger partial charge in [-0.05, 0) is 60.5 Å². The quantitative estimate of drug-likeness (QED) is 0.277. The van der Waals surface area contributed by atoms with Crippen LogP contribution in [0, 0.1) is 18.3 Å². The summed E-state index contributed by atoms with van der Waals surface area (Å²) in [6.45, 7) is 1.57. The molecule has 0 heterocycles. The van der Waals surface area contributed by atoms with Crippen molar-refractivity contribution in [3.05, 3.63) is 92.4 Å². The van der Waals surface area contributed by atoms with E-state index in [9.17, 15) is 14.9 Å². The van der Waals surface area contributed by atoms with E-state index in [-0.39, 0.29) is 33.9 Å². The van der Waals surface area contributed by atoms with Crippen molar-refractivity contribution in [1.82, 2.24) is 0 Å². The third-order valence-electron chi connectivity index (χ3n) is 4.55. The predicted octanol–water partition coefficient (Wildman–Crippen LogP) is 6.52. The van der Waals surface area contributed by atoms with Crippen LogP contribution in [0.25, 0.3) is 6.08 Å². The topological polar surface area (TPSA) is 91.2 Å². The predicted molar refractivity (Wildman–Crippen MR) is 135 cm³/mol. The number of nitrogens with zero attached hydrogens (tertiary/aromatic N) is 1. The molecular formula is C25H18Cl3N3O3. The van der Waals surface area contributed by atoms with Crippen LogP contribution >= 0.6 is 34.8 Å². The molecule has 172 valence electrons. The Hall–Kier alpha value is -3.50. The summed E-state index contributed by atoms with van der Waals surface area (Å²) in [6, 6.07) is 18.7. The molecule has 3 aromatic rings. The second-order valence-electron chi connectivity index (χ2n) is 7.10. The molecule has 3 aromatic carbocycles. The maximum atomic E-state index is 12.5. The van der Waals surface area contributed by atoms with Gasteiger partial charge in [-0.1, -0.05) is 59.1 Å². The van der Waals surface area contributed by atoms with E-state index in [0.717, 1.165) is 5.56 Å². The molecule has 9 heteroatoms. The van der Waals surface area contributed by atoms with Crippen LogP contribution < -0.4 is 15.4 Å². The van der Waals surface area contributed by atoms with Gasteiger partial charge < -0.3 is 15.4 Å². The molecule has 0 unspecified atom stereocenters. The molecule has 2 amide bonds. The zero-order valence-corrected chi connectivity index (χ0v) is 20.1. The van der Waals surface area contributed by atoms with Crippen molar-refractivity contribution in [2.24, 2.45) is 0 Å². The minimum atomic E-state index is -0.620. The molecule has 0 saturated carbocycles. The number of nitrogens with one attached hydrogen (secondary N) is 2. The highest BCUT2D eigenvalue weighted by atomic mass is 35.5. The number of benzene rings is 3. The standard InChI is InChI=1S/C25H18Cl3N3O3/c1-15-5-2-3-8-22(15)31-23(32)14-34-24-20(27)10-16(11-21(24)28)9-17(13-29)25(33)30-19-7-4-6-18(26)12-19/h2-12H,14H2,1H3,(H,30,33)(H,31,32)/b17-9-. The first-order chi connectivity index (χ1) is 16.3. The smallest absolute Gasteiger partial charge is 0.266 e. The van der Waals surface area contributed by atoms with Gasteiger partial charge in [0, 0.05) is 16.4 Å². The van der Waals surface area contributed by atoms with E-state index in [1.54, 1.807) is 30.3 Å². The molecule has 0 aliphatic rings. The number of anilines is 2. The minimum Gasteiger partial charge on any atom is -0.481 e. The van der Waals surface area contributed by atoms with Crippen molar-refractivity contribution in [3.8, 4) is 11.8 Å². The Bertz CT molecular complexity index is 1290. The summed E-state index contributed by atoms with van der Waals surface area (Å²) >= 11 is 18.5. The number of halogens is 3. The first kappa shape index (κ1) is 25.1. The lowest BCUT2D eigenvalue weighted by Gasteiger charge is -2.12. The van der Waals surface area contributed by atoms with Crippen LogP contribution in [-0.2, 0) is 9.59 Å². The SMILES string of the molecule is Cc1ccccc1NC(=O)COc1c(Cl)cc(/C=C(/C#N)C(=O)Nc2cccc(Cl)c2)cc1Cl. The number of carbonyl (C=O) groups excluding carboxylic acids is 2. The Morgan fingerprint density at radius 2 is 1.71 bits per heavy atom. The number of hydrogen-bond acceptors (Lipinski definition) is 4. The summed E-state index contributed by atoms with van der Waals surface area (Å²) in [5, 5.41) is 15.5. The molecule has 0 aromatic heterocycles. The Labute approximate surface area is 211 Å². The molecule has 0 radical (unpaired) electrons. The van der Waals surface area contributed by atoms with Gasteiger partial charge in [-0.2, -0.15) is 5.26 Å². The van der Waals surface area contributed by atoms with Gasteiger partial charge in [0.25, 0.3) is 11.8 Å². The summed E-state index contributed by atoms with van der Waals surface area (Å²) in [7, 11) is 0. The van der Waals surface area contributed by atoms with Crippen LogP contribution in [0.2, 0.25) is 15.1 Å². The molecule has 0 bridgehead atoms. The van der Waals surface area contributed by atoms with Gasteiger partial charge in [0.1, 0.15) is 11.6 Å². The Kier molecular flexibility index (Phi) is 8.55. The number of hydrogen-bond donors (Lipinski definition) is 2. The van der Waals surface area contributed by atoms with Crippen molar-refractivity contribution < 1.29 is 14.3 Å². The van der Waals surface area contributed by atoms with Gasteiger partial charge in [-0.3, -0.25) is 9.59 Å². The summed E-state index contributed by atoms with van der Waals surface area (Å²) in [5.41, 5.74) is 2.27. The summed E-state index contributed by atoms with van der Waals surface area (Å²) < 4.78 is 5.51. The van der Waals surface area contributed by atoms with E-state index >= 15 is 0 Å². The molecule has 0 aliphatic heterocycles. The number of ether oxygens (including phenoxy) is 1. The monoisotopic (exact) mass is 513 g/mol. The average molecular weight is 515 g/mol. The summed E-state index contributed by atoms with van der Waals surface area (Å²) in [6.07, 6.45) is 1.34. The van der Waals surface area contributed by atoms with Crippen LogP contribution in [0.4, 0.5) is 11.4 Å². The van der Waals surface area contributed by atoms with Gasteiger partial charge in [0.05, 0.1) is 10.0 Å². The van der Waals surface area contributed by atoms with E-state index < -0.39 is 5.91 Å². The van der Waals surface area contributed by atoms with Crippen LogP contribution in [0.15, 0.2) is 66.2 Å². The van der Waals surface area contributed by atoms with Crippen molar-refractivity contribution in [2.45, 2.75) is 6.92 Å². The molecule has 0 aliphatic carbocycles. The minimum absolute atomic E-state index is 0.113. The fraction of sp³-hybridized carbons (Fsp3) is 0.0800. The van der Waals surface area contributed by atoms with Crippen LogP contribution in [0.3, 0.4) is 0 Å². The summed E-state index contributed by atoms with van der Waals surface area (Å²) in [5.74, 6) is -0.887.